The fourth-order valence-corrected chi connectivity index (χ4v) is 3.23. The number of carbonyl (C=O) groups excluding carboxylic acids is 2. The van der Waals surface area contributed by atoms with Gasteiger partial charge >= 0.3 is 0 Å². The summed E-state index contributed by atoms with van der Waals surface area (Å²) in [4.78, 5) is 29.4. The normalized spacial score (nSPS) is 14.5. The molecule has 0 bridgehead atoms. The Morgan fingerprint density at radius 2 is 1.69 bits per heavy atom. The van der Waals surface area contributed by atoms with Crippen molar-refractivity contribution in [2.45, 2.75) is 13.3 Å². The summed E-state index contributed by atoms with van der Waals surface area (Å²) in [5.41, 5.74) is 1.42. The van der Waals surface area contributed by atoms with Crippen LogP contribution in [0.3, 0.4) is 0 Å². The molecule has 1 heterocycles. The van der Waals surface area contributed by atoms with E-state index in [9.17, 15) is 9.59 Å². The molecule has 2 amide bonds. The monoisotopic (exact) mass is 415 g/mol. The van der Waals surface area contributed by atoms with Crippen LogP contribution in [0.2, 0.25) is 5.02 Å². The smallest absolute Gasteiger partial charge is 0.255 e. The van der Waals surface area contributed by atoms with Gasteiger partial charge < -0.3 is 19.9 Å². The molecule has 1 aliphatic heterocycles. The van der Waals surface area contributed by atoms with E-state index in [4.69, 9.17) is 16.3 Å². The number of amides is 2. The molecule has 1 N–H and O–H groups in total. The summed E-state index contributed by atoms with van der Waals surface area (Å²) in [6.45, 7) is 5.74. The van der Waals surface area contributed by atoms with E-state index >= 15 is 0 Å². The van der Waals surface area contributed by atoms with Gasteiger partial charge in [0.2, 0.25) is 0 Å². The number of anilines is 1. The minimum absolute atomic E-state index is 0.0531. The number of ether oxygens (including phenoxy) is 1. The average molecular weight is 416 g/mol. The number of hydrogen-bond donors (Lipinski definition) is 1. The lowest BCUT2D eigenvalue weighted by molar-refractivity contribution is 0.0664. The lowest BCUT2D eigenvalue weighted by Crippen LogP contribution is -2.47. The summed E-state index contributed by atoms with van der Waals surface area (Å²) in [6, 6.07) is 11.9. The van der Waals surface area contributed by atoms with Gasteiger partial charge in [-0.1, -0.05) is 18.5 Å². The molecular weight excluding hydrogens is 390 g/mol. The molecule has 0 unspecified atom stereocenters. The Balaban J connectivity index is 1.69. The highest BCUT2D eigenvalue weighted by atomic mass is 35.5. The van der Waals surface area contributed by atoms with Crippen LogP contribution < -0.4 is 10.1 Å². The van der Waals surface area contributed by atoms with Crippen molar-refractivity contribution in [1.82, 2.24) is 9.80 Å². The van der Waals surface area contributed by atoms with Crippen molar-refractivity contribution in [1.29, 1.82) is 0 Å². The number of hydrogen-bond acceptors (Lipinski definition) is 4. The van der Waals surface area contributed by atoms with E-state index in [-0.39, 0.29) is 11.8 Å². The van der Waals surface area contributed by atoms with Gasteiger partial charge in [0.25, 0.3) is 11.8 Å². The predicted octanol–water partition coefficient (Wildman–Crippen LogP) is 3.77. The van der Waals surface area contributed by atoms with E-state index in [0.29, 0.717) is 41.5 Å². The lowest BCUT2D eigenvalue weighted by atomic mass is 10.1. The second kappa shape index (κ2) is 9.76. The third-order valence-electron chi connectivity index (χ3n) is 4.84. The fourth-order valence-electron chi connectivity index (χ4n) is 3.06. The quantitative estimate of drug-likeness (QED) is 0.780. The molecule has 1 saturated heterocycles. The fraction of sp³-hybridized carbons (Fsp3) is 0.364. The summed E-state index contributed by atoms with van der Waals surface area (Å²) < 4.78 is 5.54. The first-order valence-electron chi connectivity index (χ1n) is 9.79. The molecule has 29 heavy (non-hydrogen) atoms. The molecule has 0 atom stereocenters. The highest BCUT2D eigenvalue weighted by Gasteiger charge is 2.21. The van der Waals surface area contributed by atoms with Gasteiger partial charge in [0.1, 0.15) is 5.75 Å². The molecule has 2 aromatic rings. The molecule has 2 aromatic carbocycles. The number of nitrogens with zero attached hydrogens (tertiary/aromatic N) is 2. The summed E-state index contributed by atoms with van der Waals surface area (Å²) >= 11 is 6.25. The zero-order valence-electron chi connectivity index (χ0n) is 16.8. The Kier molecular flexibility index (Phi) is 7.12. The van der Waals surface area contributed by atoms with Crippen molar-refractivity contribution < 1.29 is 14.3 Å². The topological polar surface area (TPSA) is 61.9 Å². The summed E-state index contributed by atoms with van der Waals surface area (Å²) in [6.07, 6.45) is 0.921. The minimum atomic E-state index is -0.293. The Morgan fingerprint density at radius 1 is 1.03 bits per heavy atom. The zero-order valence-corrected chi connectivity index (χ0v) is 17.5. The van der Waals surface area contributed by atoms with Gasteiger partial charge in [0.05, 0.1) is 17.3 Å². The number of carbonyl (C=O) groups is 2. The Labute approximate surface area is 176 Å². The third-order valence-corrected chi connectivity index (χ3v) is 5.17. The average Bonchev–Trinajstić information content (AvgIpc) is 2.74. The van der Waals surface area contributed by atoms with Crippen LogP contribution in [-0.4, -0.2) is 61.4 Å². The van der Waals surface area contributed by atoms with Crippen molar-refractivity contribution in [3.05, 3.63) is 58.6 Å². The lowest BCUT2D eigenvalue weighted by Gasteiger charge is -2.32. The van der Waals surface area contributed by atoms with E-state index in [1.807, 2.05) is 18.9 Å². The van der Waals surface area contributed by atoms with E-state index in [0.717, 1.165) is 25.3 Å². The summed E-state index contributed by atoms with van der Waals surface area (Å²) in [7, 11) is 2.04. The van der Waals surface area contributed by atoms with Crippen molar-refractivity contribution in [2.75, 3.05) is 45.2 Å². The molecule has 0 aliphatic carbocycles. The zero-order chi connectivity index (χ0) is 20.8. The maximum absolute atomic E-state index is 12.8. The van der Waals surface area contributed by atoms with Crippen LogP contribution in [0.5, 0.6) is 5.75 Å². The maximum atomic E-state index is 12.8. The van der Waals surface area contributed by atoms with E-state index in [1.165, 1.54) is 0 Å². The minimum Gasteiger partial charge on any atom is -0.494 e. The first-order valence-corrected chi connectivity index (χ1v) is 10.2. The Hall–Kier alpha value is -2.57. The number of piperazine rings is 1. The van der Waals surface area contributed by atoms with E-state index in [2.05, 4.69) is 10.2 Å². The van der Waals surface area contributed by atoms with Crippen LogP contribution in [0.4, 0.5) is 5.69 Å². The highest BCUT2D eigenvalue weighted by Crippen LogP contribution is 2.25. The van der Waals surface area contributed by atoms with E-state index in [1.54, 1.807) is 42.5 Å². The van der Waals surface area contributed by atoms with Gasteiger partial charge in [-0.3, -0.25) is 9.59 Å². The third kappa shape index (κ3) is 5.49. The number of halogens is 1. The van der Waals surface area contributed by atoms with Crippen molar-refractivity contribution in [3.8, 4) is 5.75 Å². The maximum Gasteiger partial charge on any atom is 0.255 e. The molecular formula is C22H26ClN3O3. The number of rotatable bonds is 6. The van der Waals surface area contributed by atoms with Crippen LogP contribution in [0.15, 0.2) is 42.5 Å². The van der Waals surface area contributed by atoms with Gasteiger partial charge in [-0.2, -0.15) is 0 Å². The van der Waals surface area contributed by atoms with Crippen LogP contribution >= 0.6 is 11.6 Å². The summed E-state index contributed by atoms with van der Waals surface area (Å²) in [5, 5.41) is 3.19. The Morgan fingerprint density at radius 3 is 2.34 bits per heavy atom. The molecule has 1 aliphatic rings. The SMILES string of the molecule is CCCOc1ccc(C(=O)Nc2cc(C(=O)N3CCN(C)CC3)ccc2Cl)cc1. The first-order chi connectivity index (χ1) is 14.0. The molecule has 0 saturated carbocycles. The van der Waals surface area contributed by atoms with Gasteiger partial charge in [-0.15, -0.1) is 0 Å². The van der Waals surface area contributed by atoms with Crippen LogP contribution in [0.25, 0.3) is 0 Å². The molecule has 0 aromatic heterocycles. The van der Waals surface area contributed by atoms with E-state index < -0.39 is 0 Å². The molecule has 154 valence electrons. The molecule has 3 rings (SSSR count). The van der Waals surface area contributed by atoms with Crippen LogP contribution in [-0.2, 0) is 0 Å². The molecule has 6 nitrogen and oxygen atoms in total. The largest absolute Gasteiger partial charge is 0.494 e. The number of likely N-dealkylation sites (N-methyl/N-ethyl adjacent to an activating group) is 1. The van der Waals surface area contributed by atoms with Crippen molar-refractivity contribution in [2.24, 2.45) is 0 Å². The van der Waals surface area contributed by atoms with Gasteiger partial charge in [0.15, 0.2) is 0 Å². The molecule has 0 radical (unpaired) electrons. The molecule has 0 spiro atoms. The number of benzene rings is 2. The second-order valence-electron chi connectivity index (χ2n) is 7.12. The predicted molar refractivity (Wildman–Crippen MR) is 115 cm³/mol. The first kappa shape index (κ1) is 21.1. The standard InChI is InChI=1S/C22H26ClN3O3/c1-3-14-29-18-7-4-16(5-8-18)21(27)24-20-15-17(6-9-19(20)23)22(28)26-12-10-25(2)11-13-26/h4-9,15H,3,10-14H2,1-2H3,(H,24,27). The van der Waals surface area contributed by atoms with Gasteiger partial charge in [-0.25, -0.2) is 0 Å². The summed E-state index contributed by atoms with van der Waals surface area (Å²) in [5.74, 6) is 0.377. The van der Waals surface area contributed by atoms with Gasteiger partial charge in [0, 0.05) is 37.3 Å². The molecule has 7 heteroatoms. The van der Waals surface area contributed by atoms with Crippen LogP contribution in [0.1, 0.15) is 34.1 Å². The number of nitrogens with one attached hydrogen (secondary N) is 1. The van der Waals surface area contributed by atoms with Crippen LogP contribution in [0, 0.1) is 0 Å². The Bertz CT molecular complexity index is 862. The van der Waals surface area contributed by atoms with Gasteiger partial charge in [-0.05, 0) is 55.9 Å². The highest BCUT2D eigenvalue weighted by molar-refractivity contribution is 6.34. The van der Waals surface area contributed by atoms with Crippen molar-refractivity contribution >= 4 is 29.1 Å². The second-order valence-corrected chi connectivity index (χ2v) is 7.52. The van der Waals surface area contributed by atoms with Crippen molar-refractivity contribution in [3.63, 3.8) is 0 Å². The molecule has 1 fully saturated rings.